The minimum atomic E-state index is -0.0833. The number of anilines is 1. The van der Waals surface area contributed by atoms with Gasteiger partial charge in [0.25, 0.3) is 5.91 Å². The third kappa shape index (κ3) is 2.47. The van der Waals surface area contributed by atoms with Crippen LogP contribution < -0.4 is 5.32 Å². The lowest BCUT2D eigenvalue weighted by molar-refractivity contribution is 0.103. The Morgan fingerprint density at radius 3 is 2.74 bits per heavy atom. The number of amides is 1. The molecule has 0 fully saturated rings. The number of nitrogens with one attached hydrogen (secondary N) is 1. The van der Waals surface area contributed by atoms with Gasteiger partial charge < -0.3 is 5.32 Å². The van der Waals surface area contributed by atoms with Crippen molar-refractivity contribution in [1.29, 1.82) is 0 Å². The van der Waals surface area contributed by atoms with Crippen LogP contribution >= 0.6 is 11.3 Å². The first kappa shape index (κ1) is 13.9. The molecule has 0 spiro atoms. The van der Waals surface area contributed by atoms with E-state index < -0.39 is 0 Å². The van der Waals surface area contributed by atoms with Gasteiger partial charge >= 0.3 is 0 Å². The first-order valence-electron chi connectivity index (χ1n) is 7.36. The molecule has 4 aromatic rings. The number of pyridine rings is 1. The number of nitrogens with zero attached hydrogens (tertiary/aromatic N) is 1. The van der Waals surface area contributed by atoms with Crippen molar-refractivity contribution in [3.05, 3.63) is 70.5 Å². The highest BCUT2D eigenvalue weighted by Gasteiger charge is 2.12. The molecule has 23 heavy (non-hydrogen) atoms. The molecule has 3 nitrogen and oxygen atoms in total. The van der Waals surface area contributed by atoms with Crippen LogP contribution in [0.15, 0.2) is 60.0 Å². The van der Waals surface area contributed by atoms with Crippen LogP contribution in [0.2, 0.25) is 0 Å². The van der Waals surface area contributed by atoms with Crippen molar-refractivity contribution >= 4 is 44.6 Å². The average Bonchev–Trinajstić information content (AvgIpc) is 3.09. The number of hydrogen-bond donors (Lipinski definition) is 1. The van der Waals surface area contributed by atoms with Crippen LogP contribution in [-0.4, -0.2) is 10.9 Å². The molecule has 0 aliphatic carbocycles. The summed E-state index contributed by atoms with van der Waals surface area (Å²) in [6.07, 6.45) is 0. The highest BCUT2D eigenvalue weighted by molar-refractivity contribution is 7.12. The van der Waals surface area contributed by atoms with Gasteiger partial charge in [0.2, 0.25) is 0 Å². The van der Waals surface area contributed by atoms with Gasteiger partial charge in [-0.3, -0.25) is 9.78 Å². The van der Waals surface area contributed by atoms with Crippen LogP contribution in [0, 0.1) is 6.92 Å². The maximum Gasteiger partial charge on any atom is 0.265 e. The molecule has 2 aromatic heterocycles. The van der Waals surface area contributed by atoms with Crippen molar-refractivity contribution in [2.45, 2.75) is 6.92 Å². The van der Waals surface area contributed by atoms with Crippen LogP contribution in [0.25, 0.3) is 21.7 Å². The molecule has 0 saturated carbocycles. The largest absolute Gasteiger partial charge is 0.321 e. The van der Waals surface area contributed by atoms with Gasteiger partial charge in [0.15, 0.2) is 0 Å². The summed E-state index contributed by atoms with van der Waals surface area (Å²) in [6, 6.07) is 17.9. The predicted molar refractivity (Wildman–Crippen MR) is 96.3 cm³/mol. The quantitative estimate of drug-likeness (QED) is 0.528. The molecule has 0 atom stereocenters. The molecule has 1 amide bonds. The van der Waals surface area contributed by atoms with E-state index in [1.807, 2.05) is 48.7 Å². The van der Waals surface area contributed by atoms with Crippen molar-refractivity contribution in [2.24, 2.45) is 0 Å². The van der Waals surface area contributed by atoms with E-state index in [1.165, 1.54) is 11.3 Å². The second-order valence-electron chi connectivity index (χ2n) is 5.43. The SMILES string of the molecule is Cc1cc(NC(=O)c2cccs2)c2ccc3ccccc3c2n1. The van der Waals surface area contributed by atoms with Gasteiger partial charge in [-0.15, -0.1) is 11.3 Å². The van der Waals surface area contributed by atoms with Gasteiger partial charge in [-0.1, -0.05) is 42.5 Å². The van der Waals surface area contributed by atoms with Gasteiger partial charge in [0.1, 0.15) is 0 Å². The molecular formula is C19H14N2OS. The maximum absolute atomic E-state index is 12.4. The molecule has 0 radical (unpaired) electrons. The van der Waals surface area contributed by atoms with E-state index in [4.69, 9.17) is 0 Å². The highest BCUT2D eigenvalue weighted by atomic mass is 32.1. The number of aromatic nitrogens is 1. The Kier molecular flexibility index (Phi) is 3.32. The molecule has 112 valence electrons. The Bertz CT molecular complexity index is 1020. The summed E-state index contributed by atoms with van der Waals surface area (Å²) < 4.78 is 0. The van der Waals surface area contributed by atoms with Gasteiger partial charge in [0, 0.05) is 16.5 Å². The minimum absolute atomic E-state index is 0.0833. The molecule has 2 heterocycles. The standard InChI is InChI=1S/C19H14N2OS/c1-12-11-16(21-19(22)17-7-4-10-23-17)15-9-8-13-5-2-3-6-14(13)18(15)20-12/h2-11H,1H3,(H,20,21,22). The van der Waals surface area contributed by atoms with Crippen LogP contribution in [0.4, 0.5) is 5.69 Å². The summed E-state index contributed by atoms with van der Waals surface area (Å²) in [6.45, 7) is 1.95. The predicted octanol–water partition coefficient (Wildman–Crippen LogP) is 5.01. The lowest BCUT2D eigenvalue weighted by Crippen LogP contribution is -2.11. The summed E-state index contributed by atoms with van der Waals surface area (Å²) in [5, 5.41) is 8.13. The molecule has 0 saturated heterocycles. The topological polar surface area (TPSA) is 42.0 Å². The van der Waals surface area contributed by atoms with E-state index in [0.29, 0.717) is 4.88 Å². The fourth-order valence-electron chi connectivity index (χ4n) is 2.78. The number of carbonyl (C=O) groups excluding carboxylic acids is 1. The Labute approximate surface area is 137 Å². The minimum Gasteiger partial charge on any atom is -0.321 e. The Morgan fingerprint density at radius 2 is 1.91 bits per heavy atom. The Hall–Kier alpha value is -2.72. The first-order valence-corrected chi connectivity index (χ1v) is 8.24. The van der Waals surface area contributed by atoms with Crippen LogP contribution in [0.1, 0.15) is 15.4 Å². The lowest BCUT2D eigenvalue weighted by atomic mass is 10.0. The Morgan fingerprint density at radius 1 is 1.04 bits per heavy atom. The molecule has 4 heteroatoms. The molecule has 0 unspecified atom stereocenters. The van der Waals surface area contributed by atoms with E-state index in [0.717, 1.165) is 33.1 Å². The van der Waals surface area contributed by atoms with Crippen LogP contribution in [0.3, 0.4) is 0 Å². The lowest BCUT2D eigenvalue weighted by Gasteiger charge is -2.11. The van der Waals surface area contributed by atoms with Crippen molar-refractivity contribution in [3.8, 4) is 0 Å². The van der Waals surface area contributed by atoms with Gasteiger partial charge in [0.05, 0.1) is 16.1 Å². The molecule has 0 bridgehead atoms. The Balaban J connectivity index is 1.89. The van der Waals surface area contributed by atoms with Gasteiger partial charge in [-0.25, -0.2) is 0 Å². The van der Waals surface area contributed by atoms with Crippen molar-refractivity contribution in [1.82, 2.24) is 4.98 Å². The average molecular weight is 318 g/mol. The molecule has 0 aliphatic heterocycles. The maximum atomic E-state index is 12.4. The summed E-state index contributed by atoms with van der Waals surface area (Å²) in [5.74, 6) is -0.0833. The summed E-state index contributed by atoms with van der Waals surface area (Å²) in [7, 11) is 0. The smallest absolute Gasteiger partial charge is 0.265 e. The first-order chi connectivity index (χ1) is 11.2. The van der Waals surface area contributed by atoms with Crippen LogP contribution in [0.5, 0.6) is 0 Å². The number of thiophene rings is 1. The van der Waals surface area contributed by atoms with Gasteiger partial charge in [-0.05, 0) is 29.8 Å². The molecular weight excluding hydrogens is 304 g/mol. The number of aryl methyl sites for hydroxylation is 1. The number of fused-ring (bicyclic) bond motifs is 3. The normalized spacial score (nSPS) is 11.0. The number of benzene rings is 2. The monoisotopic (exact) mass is 318 g/mol. The third-order valence-corrected chi connectivity index (χ3v) is 4.69. The summed E-state index contributed by atoms with van der Waals surface area (Å²) in [5.41, 5.74) is 2.61. The van der Waals surface area contributed by atoms with E-state index in [9.17, 15) is 4.79 Å². The van der Waals surface area contributed by atoms with E-state index in [1.54, 1.807) is 0 Å². The zero-order valence-electron chi connectivity index (χ0n) is 12.5. The zero-order chi connectivity index (χ0) is 15.8. The summed E-state index contributed by atoms with van der Waals surface area (Å²) in [4.78, 5) is 17.8. The van der Waals surface area contributed by atoms with E-state index in [-0.39, 0.29) is 5.91 Å². The van der Waals surface area contributed by atoms with Crippen LogP contribution in [-0.2, 0) is 0 Å². The number of rotatable bonds is 2. The second-order valence-corrected chi connectivity index (χ2v) is 6.37. The molecule has 0 aliphatic rings. The fraction of sp³-hybridized carbons (Fsp3) is 0.0526. The van der Waals surface area contributed by atoms with Crippen molar-refractivity contribution in [3.63, 3.8) is 0 Å². The molecule has 4 rings (SSSR count). The third-order valence-electron chi connectivity index (χ3n) is 3.83. The highest BCUT2D eigenvalue weighted by Crippen LogP contribution is 2.30. The molecule has 2 aromatic carbocycles. The second kappa shape index (κ2) is 5.48. The number of hydrogen-bond acceptors (Lipinski definition) is 3. The van der Waals surface area contributed by atoms with E-state index in [2.05, 4.69) is 28.5 Å². The zero-order valence-corrected chi connectivity index (χ0v) is 13.4. The number of carbonyl (C=O) groups is 1. The van der Waals surface area contributed by atoms with Crippen molar-refractivity contribution < 1.29 is 4.79 Å². The molecule has 1 N–H and O–H groups in total. The summed E-state index contributed by atoms with van der Waals surface area (Å²) >= 11 is 1.43. The van der Waals surface area contributed by atoms with Crippen molar-refractivity contribution in [2.75, 3.05) is 5.32 Å². The fourth-order valence-corrected chi connectivity index (χ4v) is 3.40. The van der Waals surface area contributed by atoms with E-state index >= 15 is 0 Å². The van der Waals surface area contributed by atoms with Gasteiger partial charge in [-0.2, -0.15) is 0 Å².